The van der Waals surface area contributed by atoms with Gasteiger partial charge in [0.1, 0.15) is 5.83 Å². The highest BCUT2D eigenvalue weighted by Gasteiger charge is 1.94. The maximum Gasteiger partial charge on any atom is 0.136 e. The van der Waals surface area contributed by atoms with E-state index in [0.29, 0.717) is 5.56 Å². The lowest BCUT2D eigenvalue weighted by Crippen LogP contribution is -1.72. The summed E-state index contributed by atoms with van der Waals surface area (Å²) in [6, 6.07) is 8.98. The normalized spacial score (nSPS) is 11.6. The SMILES string of the molecule is FC(=CI)c1ccccc1. The molecule has 0 bridgehead atoms. The molecule has 0 N–H and O–H groups in total. The summed E-state index contributed by atoms with van der Waals surface area (Å²) < 4.78 is 14.1. The molecule has 0 aliphatic heterocycles. The van der Waals surface area contributed by atoms with Crippen molar-refractivity contribution < 1.29 is 4.39 Å². The summed E-state index contributed by atoms with van der Waals surface area (Å²) in [6.45, 7) is 0. The summed E-state index contributed by atoms with van der Waals surface area (Å²) in [5.74, 6) is -0.179. The first kappa shape index (κ1) is 7.72. The van der Waals surface area contributed by atoms with Crippen molar-refractivity contribution in [3.63, 3.8) is 0 Å². The zero-order valence-electron chi connectivity index (χ0n) is 5.22. The fraction of sp³-hybridized carbons (Fsp3) is 0. The van der Waals surface area contributed by atoms with Crippen molar-refractivity contribution in [1.82, 2.24) is 0 Å². The van der Waals surface area contributed by atoms with Crippen LogP contribution >= 0.6 is 22.6 Å². The topological polar surface area (TPSA) is 0 Å². The van der Waals surface area contributed by atoms with Gasteiger partial charge in [-0.15, -0.1) is 0 Å². The summed E-state index contributed by atoms with van der Waals surface area (Å²) >= 11 is 1.88. The van der Waals surface area contributed by atoms with Crippen LogP contribution in [-0.2, 0) is 0 Å². The lowest BCUT2D eigenvalue weighted by Gasteiger charge is -1.92. The van der Waals surface area contributed by atoms with Gasteiger partial charge in [-0.3, -0.25) is 0 Å². The van der Waals surface area contributed by atoms with E-state index in [2.05, 4.69) is 0 Å². The Morgan fingerprint density at radius 3 is 2.40 bits per heavy atom. The molecular formula is C8H6FI. The van der Waals surface area contributed by atoms with Gasteiger partial charge in [0.2, 0.25) is 0 Å². The van der Waals surface area contributed by atoms with E-state index in [4.69, 9.17) is 0 Å². The summed E-state index contributed by atoms with van der Waals surface area (Å²) in [6.07, 6.45) is 0. The van der Waals surface area contributed by atoms with Gasteiger partial charge in [-0.2, -0.15) is 0 Å². The first-order chi connectivity index (χ1) is 4.84. The number of halogens is 2. The Morgan fingerprint density at radius 1 is 1.30 bits per heavy atom. The Morgan fingerprint density at radius 2 is 1.90 bits per heavy atom. The number of hydrogen-bond acceptors (Lipinski definition) is 0. The zero-order chi connectivity index (χ0) is 7.40. The predicted octanol–water partition coefficient (Wildman–Crippen LogP) is 3.39. The van der Waals surface area contributed by atoms with Crippen LogP contribution < -0.4 is 0 Å². The molecular weight excluding hydrogens is 242 g/mol. The smallest absolute Gasteiger partial charge is 0.136 e. The molecule has 1 aromatic rings. The first-order valence-corrected chi connectivity index (χ1v) is 4.10. The van der Waals surface area contributed by atoms with Gasteiger partial charge in [-0.05, 0) is 22.6 Å². The van der Waals surface area contributed by atoms with Gasteiger partial charge < -0.3 is 0 Å². The van der Waals surface area contributed by atoms with Crippen molar-refractivity contribution in [3.05, 3.63) is 40.0 Å². The minimum Gasteiger partial charge on any atom is -0.206 e. The molecule has 0 saturated carbocycles. The third-order valence-electron chi connectivity index (χ3n) is 1.15. The molecule has 0 amide bonds. The summed E-state index contributed by atoms with van der Waals surface area (Å²) in [5, 5.41) is 0. The van der Waals surface area contributed by atoms with Crippen LogP contribution in [0.3, 0.4) is 0 Å². The average Bonchev–Trinajstić information content (AvgIpc) is 2.05. The highest BCUT2D eigenvalue weighted by atomic mass is 127. The Bertz CT molecular complexity index is 228. The number of benzene rings is 1. The second-order valence-electron chi connectivity index (χ2n) is 1.82. The van der Waals surface area contributed by atoms with E-state index in [1.165, 1.54) is 4.08 Å². The summed E-state index contributed by atoms with van der Waals surface area (Å²) in [4.78, 5) is 0. The molecule has 0 fully saturated rings. The maximum absolute atomic E-state index is 12.7. The van der Waals surface area contributed by atoms with Crippen molar-refractivity contribution in [1.29, 1.82) is 0 Å². The van der Waals surface area contributed by atoms with Gasteiger partial charge in [0, 0.05) is 9.65 Å². The molecule has 0 unspecified atom stereocenters. The van der Waals surface area contributed by atoms with Crippen molar-refractivity contribution in [2.75, 3.05) is 0 Å². The summed E-state index contributed by atoms with van der Waals surface area (Å²) in [7, 11) is 0. The molecule has 0 aliphatic carbocycles. The number of rotatable bonds is 1. The van der Waals surface area contributed by atoms with Crippen molar-refractivity contribution in [2.24, 2.45) is 0 Å². The molecule has 0 radical (unpaired) electrons. The maximum atomic E-state index is 12.7. The van der Waals surface area contributed by atoms with Crippen LogP contribution in [0.4, 0.5) is 4.39 Å². The monoisotopic (exact) mass is 248 g/mol. The molecule has 0 heterocycles. The lowest BCUT2D eigenvalue weighted by molar-refractivity contribution is 0.763. The van der Waals surface area contributed by atoms with Crippen LogP contribution in [0, 0.1) is 0 Å². The first-order valence-electron chi connectivity index (χ1n) is 2.86. The van der Waals surface area contributed by atoms with Crippen LogP contribution in [0.25, 0.3) is 5.83 Å². The van der Waals surface area contributed by atoms with Gasteiger partial charge in [0.15, 0.2) is 0 Å². The molecule has 52 valence electrons. The molecule has 0 spiro atoms. The average molecular weight is 248 g/mol. The zero-order valence-corrected chi connectivity index (χ0v) is 7.38. The van der Waals surface area contributed by atoms with Gasteiger partial charge in [-0.25, -0.2) is 4.39 Å². The van der Waals surface area contributed by atoms with Crippen LogP contribution in [0.5, 0.6) is 0 Å². The van der Waals surface area contributed by atoms with Crippen molar-refractivity contribution in [2.45, 2.75) is 0 Å². The Labute approximate surface area is 72.9 Å². The largest absolute Gasteiger partial charge is 0.206 e. The quantitative estimate of drug-likeness (QED) is 0.668. The van der Waals surface area contributed by atoms with E-state index >= 15 is 0 Å². The van der Waals surface area contributed by atoms with E-state index < -0.39 is 0 Å². The third kappa shape index (κ3) is 1.80. The molecule has 10 heavy (non-hydrogen) atoms. The highest BCUT2D eigenvalue weighted by Crippen LogP contribution is 2.16. The van der Waals surface area contributed by atoms with E-state index in [1.54, 1.807) is 12.1 Å². The summed E-state index contributed by atoms with van der Waals surface area (Å²) in [5.41, 5.74) is 0.636. The Balaban J connectivity index is 2.96. The number of hydrogen-bond donors (Lipinski definition) is 0. The minimum atomic E-state index is -0.179. The van der Waals surface area contributed by atoms with Crippen LogP contribution in [0.15, 0.2) is 34.4 Å². The van der Waals surface area contributed by atoms with E-state index in [9.17, 15) is 4.39 Å². The van der Waals surface area contributed by atoms with Crippen molar-refractivity contribution >= 4 is 28.4 Å². The molecule has 0 nitrogen and oxygen atoms in total. The highest BCUT2D eigenvalue weighted by molar-refractivity contribution is 14.1. The van der Waals surface area contributed by atoms with Gasteiger partial charge >= 0.3 is 0 Å². The molecule has 0 aromatic heterocycles. The predicted molar refractivity (Wildman–Crippen MR) is 49.5 cm³/mol. The minimum absolute atomic E-state index is 0.179. The Kier molecular flexibility index (Phi) is 2.86. The van der Waals surface area contributed by atoms with Gasteiger partial charge in [0.25, 0.3) is 0 Å². The lowest BCUT2D eigenvalue weighted by atomic mass is 10.2. The molecule has 0 atom stereocenters. The molecule has 2 heteroatoms. The Hall–Kier alpha value is -0.380. The molecule has 0 aliphatic rings. The van der Waals surface area contributed by atoms with Crippen LogP contribution in [0.2, 0.25) is 0 Å². The van der Waals surface area contributed by atoms with E-state index in [-0.39, 0.29) is 5.83 Å². The second-order valence-corrected chi connectivity index (χ2v) is 2.45. The van der Waals surface area contributed by atoms with Gasteiger partial charge in [0.05, 0.1) is 0 Å². The van der Waals surface area contributed by atoms with Crippen LogP contribution in [0.1, 0.15) is 5.56 Å². The molecule has 1 aromatic carbocycles. The molecule has 1 rings (SSSR count). The molecule has 0 saturated heterocycles. The van der Waals surface area contributed by atoms with E-state index in [1.807, 2.05) is 40.8 Å². The van der Waals surface area contributed by atoms with E-state index in [0.717, 1.165) is 0 Å². The fourth-order valence-electron chi connectivity index (χ4n) is 0.660. The van der Waals surface area contributed by atoms with Crippen molar-refractivity contribution in [3.8, 4) is 0 Å². The van der Waals surface area contributed by atoms with Gasteiger partial charge in [-0.1, -0.05) is 30.3 Å². The van der Waals surface area contributed by atoms with Crippen LogP contribution in [-0.4, -0.2) is 0 Å². The third-order valence-corrected chi connectivity index (χ3v) is 1.69. The second kappa shape index (κ2) is 3.71. The fourth-order valence-corrected chi connectivity index (χ4v) is 1.02. The standard InChI is InChI=1S/C8H6FI/c9-8(6-10)7-4-2-1-3-5-7/h1-6H.